The summed E-state index contributed by atoms with van der Waals surface area (Å²) in [6, 6.07) is 0. The quantitative estimate of drug-likeness (QED) is 0.703. The first-order valence-electron chi connectivity index (χ1n) is 7.47. The molecule has 0 aromatic heterocycles. The van der Waals surface area contributed by atoms with E-state index in [2.05, 4.69) is 5.32 Å². The summed E-state index contributed by atoms with van der Waals surface area (Å²) in [4.78, 5) is 24.2. The van der Waals surface area contributed by atoms with Crippen LogP contribution in [-0.4, -0.2) is 17.4 Å². The van der Waals surface area contributed by atoms with Gasteiger partial charge in [0.25, 0.3) is 0 Å². The highest BCUT2D eigenvalue weighted by Crippen LogP contribution is 2.38. The van der Waals surface area contributed by atoms with Gasteiger partial charge in [0.05, 0.1) is 11.8 Å². The number of rotatable bonds is 7. The first-order valence-corrected chi connectivity index (χ1v) is 7.47. The normalized spacial score (nSPS) is 18.8. The number of hydrogen-bond donors (Lipinski definition) is 2. The number of nitrogens with one attached hydrogen (secondary N) is 1. The Labute approximate surface area is 122 Å². The van der Waals surface area contributed by atoms with Gasteiger partial charge in [0.15, 0.2) is 0 Å². The first-order chi connectivity index (χ1) is 9.24. The van der Waals surface area contributed by atoms with Gasteiger partial charge in [0.1, 0.15) is 0 Å². The minimum Gasteiger partial charge on any atom is -0.369 e. The Morgan fingerprint density at radius 2 is 1.90 bits per heavy atom. The SMILES string of the molecule is C/C=C/CC(C(N)=O)[C@@H](CC1CC1)C(=O)NC(C)(C)C. The summed E-state index contributed by atoms with van der Waals surface area (Å²) in [5.74, 6) is -0.557. The van der Waals surface area contributed by atoms with Crippen LogP contribution in [0.5, 0.6) is 0 Å². The zero-order chi connectivity index (χ0) is 15.3. The molecule has 0 aromatic carbocycles. The van der Waals surface area contributed by atoms with E-state index in [1.165, 1.54) is 0 Å². The summed E-state index contributed by atoms with van der Waals surface area (Å²) in [5.41, 5.74) is 5.23. The van der Waals surface area contributed by atoms with Gasteiger partial charge in [0, 0.05) is 5.54 Å². The molecule has 0 spiro atoms. The highest BCUT2D eigenvalue weighted by atomic mass is 16.2. The van der Waals surface area contributed by atoms with Crippen LogP contribution < -0.4 is 11.1 Å². The topological polar surface area (TPSA) is 72.2 Å². The van der Waals surface area contributed by atoms with Crippen molar-refractivity contribution in [2.24, 2.45) is 23.5 Å². The Bertz CT molecular complexity index is 378. The van der Waals surface area contributed by atoms with Crippen molar-refractivity contribution in [3.05, 3.63) is 12.2 Å². The van der Waals surface area contributed by atoms with E-state index in [-0.39, 0.29) is 23.3 Å². The standard InChI is InChI=1S/C16H28N2O2/c1-5-6-7-12(14(17)19)13(10-11-8-9-11)15(20)18-16(2,3)4/h5-6,11-13H,7-10H2,1-4H3,(H2,17,19)(H,18,20)/b6-5+/t12?,13-/m1/s1. The summed E-state index contributed by atoms with van der Waals surface area (Å²) < 4.78 is 0. The molecule has 2 atom stereocenters. The Morgan fingerprint density at radius 3 is 2.30 bits per heavy atom. The van der Waals surface area contributed by atoms with Crippen LogP contribution in [0.15, 0.2) is 12.2 Å². The van der Waals surface area contributed by atoms with E-state index < -0.39 is 5.92 Å². The fourth-order valence-corrected chi connectivity index (χ4v) is 2.39. The van der Waals surface area contributed by atoms with Gasteiger partial charge < -0.3 is 11.1 Å². The van der Waals surface area contributed by atoms with Gasteiger partial charge in [-0.1, -0.05) is 25.0 Å². The third-order valence-corrected chi connectivity index (χ3v) is 3.60. The van der Waals surface area contributed by atoms with Crippen LogP contribution in [0.1, 0.15) is 53.4 Å². The lowest BCUT2D eigenvalue weighted by Gasteiger charge is -2.28. The maximum absolute atomic E-state index is 12.5. The third kappa shape index (κ3) is 5.76. The molecule has 0 radical (unpaired) electrons. The molecule has 0 aromatic rings. The lowest BCUT2D eigenvalue weighted by atomic mass is 9.83. The van der Waals surface area contributed by atoms with Crippen molar-refractivity contribution in [3.8, 4) is 0 Å². The molecule has 1 rings (SSSR count). The highest BCUT2D eigenvalue weighted by molar-refractivity contribution is 5.87. The molecule has 0 bridgehead atoms. The maximum Gasteiger partial charge on any atom is 0.224 e. The van der Waals surface area contributed by atoms with E-state index in [1.807, 2.05) is 39.8 Å². The largest absolute Gasteiger partial charge is 0.369 e. The number of amides is 2. The Kier molecular flexibility index (Phi) is 5.78. The smallest absolute Gasteiger partial charge is 0.224 e. The summed E-state index contributed by atoms with van der Waals surface area (Å²) >= 11 is 0. The molecular formula is C16H28N2O2. The van der Waals surface area contributed by atoms with Gasteiger partial charge in [-0.15, -0.1) is 0 Å². The van der Waals surface area contributed by atoms with Crippen LogP contribution in [0, 0.1) is 17.8 Å². The number of carbonyl (C=O) groups excluding carboxylic acids is 2. The summed E-state index contributed by atoms with van der Waals surface area (Å²) in [5, 5.41) is 2.99. The molecule has 4 heteroatoms. The van der Waals surface area contributed by atoms with E-state index in [4.69, 9.17) is 5.73 Å². The van der Waals surface area contributed by atoms with Crippen molar-refractivity contribution in [2.45, 2.75) is 58.9 Å². The van der Waals surface area contributed by atoms with Gasteiger partial charge in [0.2, 0.25) is 11.8 Å². The van der Waals surface area contributed by atoms with Crippen LogP contribution in [0.25, 0.3) is 0 Å². The molecule has 114 valence electrons. The van der Waals surface area contributed by atoms with Crippen LogP contribution in [0.3, 0.4) is 0 Å². The second-order valence-electron chi connectivity index (χ2n) is 6.84. The Morgan fingerprint density at radius 1 is 1.30 bits per heavy atom. The minimum absolute atomic E-state index is 0.0438. The number of primary amides is 1. The van der Waals surface area contributed by atoms with E-state index >= 15 is 0 Å². The Hall–Kier alpha value is -1.32. The van der Waals surface area contributed by atoms with Crippen LogP contribution in [0.2, 0.25) is 0 Å². The number of carbonyl (C=O) groups is 2. The lowest BCUT2D eigenvalue weighted by Crippen LogP contribution is -2.47. The van der Waals surface area contributed by atoms with E-state index in [1.54, 1.807) is 0 Å². The number of allylic oxidation sites excluding steroid dienone is 2. The van der Waals surface area contributed by atoms with Crippen molar-refractivity contribution in [1.82, 2.24) is 5.32 Å². The van der Waals surface area contributed by atoms with E-state index in [9.17, 15) is 9.59 Å². The average molecular weight is 280 g/mol. The predicted molar refractivity (Wildman–Crippen MR) is 80.8 cm³/mol. The van der Waals surface area contributed by atoms with Crippen molar-refractivity contribution in [3.63, 3.8) is 0 Å². The molecular weight excluding hydrogens is 252 g/mol. The molecule has 1 unspecified atom stereocenters. The van der Waals surface area contributed by atoms with Crippen molar-refractivity contribution < 1.29 is 9.59 Å². The second-order valence-corrected chi connectivity index (χ2v) is 6.84. The van der Waals surface area contributed by atoms with Crippen LogP contribution in [-0.2, 0) is 9.59 Å². The Balaban J connectivity index is 2.83. The summed E-state index contributed by atoms with van der Waals surface area (Å²) in [6.07, 6.45) is 7.45. The number of nitrogens with two attached hydrogens (primary N) is 1. The molecule has 1 fully saturated rings. The molecule has 4 nitrogen and oxygen atoms in total. The molecule has 3 N–H and O–H groups in total. The molecule has 0 heterocycles. The summed E-state index contributed by atoms with van der Waals surface area (Å²) in [6.45, 7) is 7.75. The van der Waals surface area contributed by atoms with E-state index in [0.29, 0.717) is 12.3 Å². The van der Waals surface area contributed by atoms with Gasteiger partial charge in [-0.3, -0.25) is 9.59 Å². The molecule has 20 heavy (non-hydrogen) atoms. The zero-order valence-corrected chi connectivity index (χ0v) is 13.1. The second kappa shape index (κ2) is 6.91. The predicted octanol–water partition coefficient (Wildman–Crippen LogP) is 2.39. The van der Waals surface area contributed by atoms with Crippen molar-refractivity contribution in [1.29, 1.82) is 0 Å². The first kappa shape index (κ1) is 16.7. The zero-order valence-electron chi connectivity index (χ0n) is 13.1. The van der Waals surface area contributed by atoms with Gasteiger partial charge in [-0.05, 0) is 46.5 Å². The molecule has 1 aliphatic rings. The molecule has 0 saturated heterocycles. The van der Waals surface area contributed by atoms with Gasteiger partial charge >= 0.3 is 0 Å². The number of hydrogen-bond acceptors (Lipinski definition) is 2. The fraction of sp³-hybridized carbons (Fsp3) is 0.750. The van der Waals surface area contributed by atoms with Crippen LogP contribution >= 0.6 is 0 Å². The molecule has 2 amide bonds. The lowest BCUT2D eigenvalue weighted by molar-refractivity contribution is -0.134. The molecule has 1 saturated carbocycles. The fourth-order valence-electron chi connectivity index (χ4n) is 2.39. The minimum atomic E-state index is -0.408. The summed E-state index contributed by atoms with van der Waals surface area (Å²) in [7, 11) is 0. The third-order valence-electron chi connectivity index (χ3n) is 3.60. The molecule has 1 aliphatic carbocycles. The van der Waals surface area contributed by atoms with Crippen molar-refractivity contribution in [2.75, 3.05) is 0 Å². The highest BCUT2D eigenvalue weighted by Gasteiger charge is 2.37. The monoisotopic (exact) mass is 280 g/mol. The maximum atomic E-state index is 12.5. The van der Waals surface area contributed by atoms with E-state index in [0.717, 1.165) is 19.3 Å². The molecule has 0 aliphatic heterocycles. The average Bonchev–Trinajstić information content (AvgIpc) is 3.09. The van der Waals surface area contributed by atoms with Crippen molar-refractivity contribution >= 4 is 11.8 Å². The van der Waals surface area contributed by atoms with Crippen LogP contribution in [0.4, 0.5) is 0 Å². The van der Waals surface area contributed by atoms with Gasteiger partial charge in [-0.2, -0.15) is 0 Å². The van der Waals surface area contributed by atoms with Gasteiger partial charge in [-0.25, -0.2) is 0 Å².